The van der Waals surface area contributed by atoms with E-state index in [0.29, 0.717) is 4.57 Å². The molecule has 0 radical (unpaired) electrons. The molecular weight excluding hydrogens is 583 g/mol. The summed E-state index contributed by atoms with van der Waals surface area (Å²) in [5.74, 6) is 0. The molecule has 1 amide bonds. The van der Waals surface area contributed by atoms with E-state index in [2.05, 4.69) is 18.5 Å². The fourth-order valence-electron chi connectivity index (χ4n) is 3.12. The van der Waals surface area contributed by atoms with Gasteiger partial charge in [-0.25, -0.2) is 23.3 Å². The number of phosphoric ester groups is 1. The summed E-state index contributed by atoms with van der Waals surface area (Å²) in [5, 5.41) is 13.1. The summed E-state index contributed by atoms with van der Waals surface area (Å²) < 4.78 is 57.4. The summed E-state index contributed by atoms with van der Waals surface area (Å²) in [6.45, 7) is -1.11. The third kappa shape index (κ3) is 8.51. The summed E-state index contributed by atoms with van der Waals surface area (Å²) in [4.78, 5) is 74.0. The quantitative estimate of drug-likeness (QED) is 0.172. The number of aromatic amines is 1. The van der Waals surface area contributed by atoms with Crippen LogP contribution in [0.2, 0.25) is 0 Å². The third-order valence-corrected chi connectivity index (χ3v) is 8.32. The lowest BCUT2D eigenvalue weighted by Gasteiger charge is -2.22. The van der Waals surface area contributed by atoms with Gasteiger partial charge in [-0.3, -0.25) is 24.2 Å². The maximum Gasteiger partial charge on any atom is 0.490 e. The molecular formula is C16H20N3O16P3. The van der Waals surface area contributed by atoms with Gasteiger partial charge in [0.05, 0.1) is 6.61 Å². The normalized spacial score (nSPS) is 24.8. The molecule has 7 N–H and O–H groups in total. The monoisotopic (exact) mass is 603 g/mol. The van der Waals surface area contributed by atoms with Crippen LogP contribution in [0.4, 0.5) is 10.5 Å². The molecule has 210 valence electrons. The van der Waals surface area contributed by atoms with Crippen molar-refractivity contribution in [2.75, 3.05) is 11.9 Å². The van der Waals surface area contributed by atoms with Gasteiger partial charge in [0.2, 0.25) is 0 Å². The van der Waals surface area contributed by atoms with E-state index in [-0.39, 0.29) is 5.69 Å². The molecule has 6 atom stereocenters. The van der Waals surface area contributed by atoms with E-state index in [1.54, 1.807) is 18.2 Å². The maximum atomic E-state index is 12.4. The highest BCUT2D eigenvalue weighted by Crippen LogP contribution is 2.66. The molecule has 0 saturated carbocycles. The fourth-order valence-corrected chi connectivity index (χ4v) is 6.15. The van der Waals surface area contributed by atoms with Crippen LogP contribution < -0.4 is 16.6 Å². The van der Waals surface area contributed by atoms with E-state index < -0.39 is 72.0 Å². The number of nitrogens with one attached hydrogen (secondary N) is 2. The zero-order chi connectivity index (χ0) is 28.3. The van der Waals surface area contributed by atoms with Crippen molar-refractivity contribution in [3.63, 3.8) is 0 Å². The maximum absolute atomic E-state index is 12.4. The number of anilines is 1. The highest BCUT2D eigenvalue weighted by atomic mass is 31.3. The molecule has 1 saturated heterocycles. The molecule has 3 rings (SSSR count). The second kappa shape index (κ2) is 11.7. The van der Waals surface area contributed by atoms with Gasteiger partial charge in [-0.05, 0) is 12.1 Å². The number of para-hydroxylation sites is 1. The van der Waals surface area contributed by atoms with Crippen LogP contribution >= 0.6 is 23.5 Å². The van der Waals surface area contributed by atoms with Crippen LogP contribution in [0.25, 0.3) is 0 Å². The Morgan fingerprint density at radius 3 is 2.29 bits per heavy atom. The summed E-state index contributed by atoms with van der Waals surface area (Å²) in [5.41, 5.74) is -1.54. The molecule has 2 heterocycles. The average Bonchev–Trinajstić information content (AvgIpc) is 3.06. The molecule has 0 spiro atoms. The Bertz CT molecular complexity index is 1410. The van der Waals surface area contributed by atoms with Crippen molar-refractivity contribution in [1.82, 2.24) is 9.55 Å². The molecule has 0 aliphatic carbocycles. The Morgan fingerprint density at radius 1 is 1.03 bits per heavy atom. The van der Waals surface area contributed by atoms with Crippen molar-refractivity contribution in [3.8, 4) is 0 Å². The lowest BCUT2D eigenvalue weighted by atomic mass is 10.1. The predicted octanol–water partition coefficient (Wildman–Crippen LogP) is -0.244. The van der Waals surface area contributed by atoms with E-state index in [4.69, 9.17) is 19.3 Å². The molecule has 1 aromatic carbocycles. The van der Waals surface area contributed by atoms with Crippen LogP contribution in [-0.4, -0.2) is 65.2 Å². The number of H-pyrrole nitrogens is 1. The number of carbonyl (C=O) groups is 1. The minimum atomic E-state index is -5.82. The van der Waals surface area contributed by atoms with Gasteiger partial charge in [-0.15, -0.1) is 0 Å². The number of amides is 1. The summed E-state index contributed by atoms with van der Waals surface area (Å²) in [6.07, 6.45) is -7.03. The number of benzene rings is 1. The molecule has 22 heteroatoms. The number of hydrogen-bond donors (Lipinski definition) is 7. The van der Waals surface area contributed by atoms with Crippen LogP contribution in [-0.2, 0) is 36.3 Å². The van der Waals surface area contributed by atoms with E-state index >= 15 is 0 Å². The Morgan fingerprint density at radius 2 is 1.68 bits per heavy atom. The molecule has 0 bridgehead atoms. The fraction of sp³-hybridized carbons (Fsp3) is 0.312. The molecule has 1 aromatic heterocycles. The Balaban J connectivity index is 1.79. The minimum Gasteiger partial charge on any atom is -0.440 e. The Kier molecular flexibility index (Phi) is 9.26. The molecule has 19 nitrogen and oxygen atoms in total. The van der Waals surface area contributed by atoms with Gasteiger partial charge in [0.15, 0.2) is 12.3 Å². The largest absolute Gasteiger partial charge is 0.490 e. The molecule has 38 heavy (non-hydrogen) atoms. The van der Waals surface area contributed by atoms with Crippen LogP contribution in [0, 0.1) is 0 Å². The lowest BCUT2D eigenvalue weighted by molar-refractivity contribution is -0.0544. The number of nitrogens with zero attached hydrogens (tertiary/aromatic N) is 1. The lowest BCUT2D eigenvalue weighted by Crippen LogP contribution is -2.40. The first kappa shape index (κ1) is 30.0. The van der Waals surface area contributed by atoms with Gasteiger partial charge in [0.25, 0.3) is 5.56 Å². The van der Waals surface area contributed by atoms with E-state index in [9.17, 15) is 43.0 Å². The number of ether oxygens (including phenoxy) is 2. The number of aromatic nitrogens is 2. The van der Waals surface area contributed by atoms with Gasteiger partial charge in [-0.2, -0.15) is 8.62 Å². The zero-order valence-corrected chi connectivity index (χ0v) is 21.3. The van der Waals surface area contributed by atoms with E-state index in [0.717, 1.165) is 12.3 Å². The van der Waals surface area contributed by atoms with Gasteiger partial charge in [0.1, 0.15) is 12.2 Å². The Labute approximate surface area is 211 Å². The highest BCUT2D eigenvalue weighted by molar-refractivity contribution is 7.66. The van der Waals surface area contributed by atoms with Crippen molar-refractivity contribution < 1.29 is 65.8 Å². The number of hydrogen-bond acceptors (Lipinski definition) is 12. The number of aliphatic hydroxyl groups is 1. The van der Waals surface area contributed by atoms with Crippen LogP contribution in [0.15, 0.2) is 52.2 Å². The van der Waals surface area contributed by atoms with Gasteiger partial charge >= 0.3 is 35.3 Å². The van der Waals surface area contributed by atoms with Crippen LogP contribution in [0.3, 0.4) is 0 Å². The second-order valence-corrected chi connectivity index (χ2v) is 11.7. The molecule has 1 aliphatic rings. The van der Waals surface area contributed by atoms with Crippen molar-refractivity contribution in [2.24, 2.45) is 0 Å². The standard InChI is InChI=1S/C16H20N3O16P3/c20-11-6-7-19(15(22)18-11)14-12(21)13(33-16(23)17-9-4-2-1-3-5-9)10(32-14)8-31-37(27,28)35-38(29,30)34-36(24,25)26/h1-7,10,12-14,21H,8H2,(H,17,23)(H,27,28)(H,29,30)(H,18,20,22)(H2,24,25,26)/t10-,12?,13+,14-/m1/s1. The summed E-state index contributed by atoms with van der Waals surface area (Å²) >= 11 is 0. The van der Waals surface area contributed by atoms with Crippen molar-refractivity contribution in [2.45, 2.75) is 24.5 Å². The van der Waals surface area contributed by atoms with Crippen molar-refractivity contribution in [3.05, 3.63) is 63.4 Å². The minimum absolute atomic E-state index is 0.282. The van der Waals surface area contributed by atoms with Crippen LogP contribution in [0.1, 0.15) is 6.23 Å². The molecule has 3 unspecified atom stereocenters. The predicted molar refractivity (Wildman–Crippen MR) is 121 cm³/mol. The topological polar surface area (TPSA) is 282 Å². The van der Waals surface area contributed by atoms with Crippen molar-refractivity contribution >= 4 is 35.2 Å². The van der Waals surface area contributed by atoms with Crippen LogP contribution in [0.5, 0.6) is 0 Å². The van der Waals surface area contributed by atoms with Crippen molar-refractivity contribution in [1.29, 1.82) is 0 Å². The summed E-state index contributed by atoms with van der Waals surface area (Å²) in [6, 6.07) is 8.75. The average molecular weight is 603 g/mol. The third-order valence-electron chi connectivity index (χ3n) is 4.52. The zero-order valence-electron chi connectivity index (χ0n) is 18.6. The number of aliphatic hydroxyl groups excluding tert-OH is 1. The number of phosphoric acid groups is 3. The molecule has 1 aliphatic heterocycles. The first-order chi connectivity index (χ1) is 17.6. The van der Waals surface area contributed by atoms with Gasteiger partial charge in [-0.1, -0.05) is 18.2 Å². The first-order valence-electron chi connectivity index (χ1n) is 10.0. The number of carbonyl (C=O) groups excluding carboxylic acids is 1. The van der Waals surface area contributed by atoms with Gasteiger partial charge in [0, 0.05) is 18.0 Å². The molecule has 1 fully saturated rings. The highest BCUT2D eigenvalue weighted by Gasteiger charge is 2.49. The smallest absolute Gasteiger partial charge is 0.440 e. The Hall–Kier alpha value is -2.50. The SMILES string of the molecule is O=C(Nc1ccccc1)O[C@@H]1C(O)[C@H](n2ccc(=O)[nH]c2=O)O[C@@H]1COP(=O)(O)OP(=O)(O)OP(=O)(O)O. The summed E-state index contributed by atoms with van der Waals surface area (Å²) in [7, 11) is -17.1. The number of rotatable bonds is 10. The molecule has 2 aromatic rings. The van der Waals surface area contributed by atoms with Gasteiger partial charge < -0.3 is 34.2 Å². The van der Waals surface area contributed by atoms with E-state index in [1.807, 2.05) is 4.98 Å². The second-order valence-electron chi connectivity index (χ2n) is 7.32. The first-order valence-corrected chi connectivity index (χ1v) is 14.5. The van der Waals surface area contributed by atoms with E-state index in [1.165, 1.54) is 12.1 Å².